The van der Waals surface area contributed by atoms with E-state index in [1.165, 1.54) is 11.4 Å². The smallest absolute Gasteiger partial charge is 0.243 e. The van der Waals surface area contributed by atoms with E-state index in [1.54, 1.807) is 36.4 Å². The van der Waals surface area contributed by atoms with Crippen LogP contribution in [0.25, 0.3) is 11.1 Å². The van der Waals surface area contributed by atoms with Crippen LogP contribution in [0.3, 0.4) is 0 Å². The molecule has 2 aromatic rings. The Hall–Kier alpha value is -2.05. The Bertz CT molecular complexity index is 794. The Balaban J connectivity index is 1.89. The van der Waals surface area contributed by atoms with Crippen LogP contribution in [0, 0.1) is 0 Å². The first-order valence-electron chi connectivity index (χ1n) is 7.50. The van der Waals surface area contributed by atoms with Crippen molar-refractivity contribution in [1.29, 1.82) is 0 Å². The predicted octanol–water partition coefficient (Wildman–Crippen LogP) is 2.85. The Morgan fingerprint density at radius 1 is 1.00 bits per heavy atom. The molecule has 0 aliphatic carbocycles. The van der Waals surface area contributed by atoms with E-state index in [0.29, 0.717) is 23.7 Å². The molecule has 1 aliphatic rings. The summed E-state index contributed by atoms with van der Waals surface area (Å²) in [5.41, 5.74) is 1.64. The van der Waals surface area contributed by atoms with E-state index in [0.717, 1.165) is 24.0 Å². The van der Waals surface area contributed by atoms with Gasteiger partial charge in [-0.25, -0.2) is 8.42 Å². The zero-order chi connectivity index (χ0) is 16.4. The lowest BCUT2D eigenvalue weighted by Gasteiger charge is -2.15. The van der Waals surface area contributed by atoms with E-state index in [1.807, 2.05) is 6.07 Å². The van der Waals surface area contributed by atoms with E-state index in [2.05, 4.69) is 0 Å². The Labute approximate surface area is 136 Å². The van der Waals surface area contributed by atoms with Gasteiger partial charge in [0.2, 0.25) is 10.0 Å². The molecule has 0 radical (unpaired) electrons. The summed E-state index contributed by atoms with van der Waals surface area (Å²) in [5, 5.41) is 9.85. The highest BCUT2D eigenvalue weighted by molar-refractivity contribution is 7.89. The second-order valence-electron chi connectivity index (χ2n) is 5.52. The van der Waals surface area contributed by atoms with Crippen LogP contribution in [0.15, 0.2) is 47.4 Å². The highest BCUT2D eigenvalue weighted by atomic mass is 32.2. The number of rotatable bonds is 4. The number of phenolic OH excluding ortho intramolecular Hbond substituents is 1. The average Bonchev–Trinajstić information content (AvgIpc) is 3.10. The Morgan fingerprint density at radius 2 is 1.61 bits per heavy atom. The molecule has 0 bridgehead atoms. The zero-order valence-electron chi connectivity index (χ0n) is 12.9. The first-order chi connectivity index (χ1) is 11.0. The topological polar surface area (TPSA) is 66.8 Å². The molecule has 5 nitrogen and oxygen atoms in total. The van der Waals surface area contributed by atoms with E-state index < -0.39 is 10.0 Å². The summed E-state index contributed by atoms with van der Waals surface area (Å²) >= 11 is 0. The molecule has 1 heterocycles. The molecule has 3 rings (SSSR count). The highest BCUT2D eigenvalue weighted by Gasteiger charge is 2.26. The van der Waals surface area contributed by atoms with Gasteiger partial charge in [-0.2, -0.15) is 4.31 Å². The summed E-state index contributed by atoms with van der Waals surface area (Å²) in [6.07, 6.45) is 1.84. The third kappa shape index (κ3) is 3.04. The Morgan fingerprint density at radius 3 is 2.17 bits per heavy atom. The minimum absolute atomic E-state index is 0.0544. The number of ether oxygens (including phenoxy) is 1. The van der Waals surface area contributed by atoms with Crippen molar-refractivity contribution in [2.45, 2.75) is 17.7 Å². The fraction of sp³-hybridized carbons (Fsp3) is 0.294. The maximum absolute atomic E-state index is 12.5. The molecule has 1 aliphatic heterocycles. The van der Waals surface area contributed by atoms with Gasteiger partial charge in [-0.15, -0.1) is 0 Å². The van der Waals surface area contributed by atoms with Crippen molar-refractivity contribution in [3.63, 3.8) is 0 Å². The van der Waals surface area contributed by atoms with Gasteiger partial charge in [0.15, 0.2) is 11.5 Å². The van der Waals surface area contributed by atoms with Crippen molar-refractivity contribution in [3.05, 3.63) is 42.5 Å². The van der Waals surface area contributed by atoms with Crippen LogP contribution in [-0.2, 0) is 10.0 Å². The number of sulfonamides is 1. The van der Waals surface area contributed by atoms with Gasteiger partial charge in [0.1, 0.15) is 0 Å². The Kier molecular flexibility index (Phi) is 4.28. The zero-order valence-corrected chi connectivity index (χ0v) is 13.7. The monoisotopic (exact) mass is 333 g/mol. The summed E-state index contributed by atoms with van der Waals surface area (Å²) in [4.78, 5) is 0.306. The molecule has 6 heteroatoms. The predicted molar refractivity (Wildman–Crippen MR) is 88.1 cm³/mol. The number of aromatic hydroxyl groups is 1. The molecule has 0 spiro atoms. The van der Waals surface area contributed by atoms with E-state index >= 15 is 0 Å². The van der Waals surface area contributed by atoms with Crippen molar-refractivity contribution in [1.82, 2.24) is 4.31 Å². The second kappa shape index (κ2) is 6.22. The number of methoxy groups -OCH3 is 1. The van der Waals surface area contributed by atoms with E-state index in [9.17, 15) is 13.5 Å². The van der Waals surface area contributed by atoms with Gasteiger partial charge in [0, 0.05) is 13.1 Å². The van der Waals surface area contributed by atoms with Crippen molar-refractivity contribution >= 4 is 10.0 Å². The largest absolute Gasteiger partial charge is 0.504 e. The summed E-state index contributed by atoms with van der Waals surface area (Å²) in [6.45, 7) is 1.19. The first-order valence-corrected chi connectivity index (χ1v) is 8.94. The molecule has 1 N–H and O–H groups in total. The molecular weight excluding hydrogens is 314 g/mol. The van der Waals surface area contributed by atoms with Crippen LogP contribution < -0.4 is 4.74 Å². The number of hydrogen-bond donors (Lipinski definition) is 1. The van der Waals surface area contributed by atoms with Crippen LogP contribution >= 0.6 is 0 Å². The maximum Gasteiger partial charge on any atom is 0.243 e. The molecule has 1 fully saturated rings. The quantitative estimate of drug-likeness (QED) is 0.934. The molecule has 0 atom stereocenters. The fourth-order valence-corrected chi connectivity index (χ4v) is 4.28. The van der Waals surface area contributed by atoms with Crippen LogP contribution in [0.5, 0.6) is 11.5 Å². The normalized spacial score (nSPS) is 15.7. The standard InChI is InChI=1S/C17H19NO4S/c1-22-17-9-6-14(12-16(17)19)13-4-7-15(8-5-13)23(20,21)18-10-2-3-11-18/h4-9,12,19H,2-3,10-11H2,1H3. The van der Waals surface area contributed by atoms with Gasteiger partial charge in [-0.05, 0) is 48.2 Å². The highest BCUT2D eigenvalue weighted by Crippen LogP contribution is 2.32. The first kappa shape index (κ1) is 15.8. The summed E-state index contributed by atoms with van der Waals surface area (Å²) in [5.74, 6) is 0.459. The lowest BCUT2D eigenvalue weighted by molar-refractivity contribution is 0.373. The number of benzene rings is 2. The maximum atomic E-state index is 12.5. The van der Waals surface area contributed by atoms with E-state index in [-0.39, 0.29) is 5.75 Å². The van der Waals surface area contributed by atoms with Crippen molar-refractivity contribution < 1.29 is 18.3 Å². The summed E-state index contributed by atoms with van der Waals surface area (Å²) in [7, 11) is -1.90. The fourth-order valence-electron chi connectivity index (χ4n) is 2.77. The van der Waals surface area contributed by atoms with Gasteiger partial charge in [-0.3, -0.25) is 0 Å². The minimum Gasteiger partial charge on any atom is -0.504 e. The molecule has 0 saturated carbocycles. The van der Waals surface area contributed by atoms with Gasteiger partial charge in [0.25, 0.3) is 0 Å². The number of nitrogens with zero attached hydrogens (tertiary/aromatic N) is 1. The number of phenols is 1. The van der Waals surface area contributed by atoms with Gasteiger partial charge in [0.05, 0.1) is 12.0 Å². The molecule has 23 heavy (non-hydrogen) atoms. The van der Waals surface area contributed by atoms with E-state index in [4.69, 9.17) is 4.74 Å². The van der Waals surface area contributed by atoms with Crippen molar-refractivity contribution in [2.75, 3.05) is 20.2 Å². The van der Waals surface area contributed by atoms with Gasteiger partial charge < -0.3 is 9.84 Å². The summed E-state index contributed by atoms with van der Waals surface area (Å²) in [6, 6.07) is 11.8. The number of hydrogen-bond acceptors (Lipinski definition) is 4. The van der Waals surface area contributed by atoms with Crippen LogP contribution in [0.1, 0.15) is 12.8 Å². The minimum atomic E-state index is -3.39. The lowest BCUT2D eigenvalue weighted by Crippen LogP contribution is -2.27. The molecular formula is C17H19NO4S. The van der Waals surface area contributed by atoms with Crippen LogP contribution in [0.2, 0.25) is 0 Å². The van der Waals surface area contributed by atoms with Crippen molar-refractivity contribution in [3.8, 4) is 22.6 Å². The molecule has 0 unspecified atom stereocenters. The molecule has 0 aromatic heterocycles. The molecule has 2 aromatic carbocycles. The van der Waals surface area contributed by atoms with Crippen molar-refractivity contribution in [2.24, 2.45) is 0 Å². The third-order valence-electron chi connectivity index (χ3n) is 4.07. The second-order valence-corrected chi connectivity index (χ2v) is 7.46. The lowest BCUT2D eigenvalue weighted by atomic mass is 10.1. The molecule has 1 saturated heterocycles. The summed E-state index contributed by atoms with van der Waals surface area (Å²) < 4.78 is 31.5. The van der Waals surface area contributed by atoms with Gasteiger partial charge >= 0.3 is 0 Å². The van der Waals surface area contributed by atoms with Gasteiger partial charge in [-0.1, -0.05) is 18.2 Å². The van der Waals surface area contributed by atoms with Crippen LogP contribution in [0.4, 0.5) is 0 Å². The van der Waals surface area contributed by atoms with Crippen LogP contribution in [-0.4, -0.2) is 38.0 Å². The third-order valence-corrected chi connectivity index (χ3v) is 5.98. The average molecular weight is 333 g/mol. The molecule has 122 valence electrons. The molecule has 0 amide bonds. The SMILES string of the molecule is COc1ccc(-c2ccc(S(=O)(=O)N3CCCC3)cc2)cc1O.